The lowest BCUT2D eigenvalue weighted by molar-refractivity contribution is 0.273. The van der Waals surface area contributed by atoms with Gasteiger partial charge in [-0.2, -0.15) is 0 Å². The Morgan fingerprint density at radius 2 is 1.89 bits per heavy atom. The van der Waals surface area contributed by atoms with Gasteiger partial charge in [-0.25, -0.2) is 0 Å². The first-order valence-electron chi connectivity index (χ1n) is 7.31. The molecule has 0 aromatic heterocycles. The van der Waals surface area contributed by atoms with Gasteiger partial charge < -0.3 is 5.32 Å². The molecule has 1 aliphatic carbocycles. The fraction of sp³-hybridized carbons (Fsp3) is 0.625. The van der Waals surface area contributed by atoms with Crippen LogP contribution in [0.3, 0.4) is 0 Å². The number of rotatable bonds is 4. The molecule has 1 aromatic carbocycles. The van der Waals surface area contributed by atoms with E-state index in [0.717, 1.165) is 11.5 Å². The van der Waals surface area contributed by atoms with Gasteiger partial charge in [0.25, 0.3) is 0 Å². The van der Waals surface area contributed by atoms with Crippen molar-refractivity contribution in [1.82, 2.24) is 5.32 Å². The molecule has 0 bridgehead atoms. The Bertz CT molecular complexity index is 411. The van der Waals surface area contributed by atoms with Crippen molar-refractivity contribution in [2.75, 3.05) is 0 Å². The SMILES string of the molecule is CCC1CCC(NC(C)c2cccc(Cl)c2Cl)CC1. The molecule has 1 aromatic rings. The van der Waals surface area contributed by atoms with Gasteiger partial charge >= 0.3 is 0 Å². The second kappa shape index (κ2) is 6.97. The fourth-order valence-corrected chi connectivity index (χ4v) is 3.51. The van der Waals surface area contributed by atoms with Gasteiger partial charge in [0.05, 0.1) is 10.0 Å². The van der Waals surface area contributed by atoms with Gasteiger partial charge in [0.1, 0.15) is 0 Å². The van der Waals surface area contributed by atoms with Gasteiger partial charge in [-0.3, -0.25) is 0 Å². The van der Waals surface area contributed by atoms with E-state index in [4.69, 9.17) is 23.2 Å². The summed E-state index contributed by atoms with van der Waals surface area (Å²) in [5.74, 6) is 0.933. The molecular weight excluding hydrogens is 277 g/mol. The topological polar surface area (TPSA) is 12.0 Å². The Balaban J connectivity index is 1.94. The van der Waals surface area contributed by atoms with Crippen LogP contribution in [0.2, 0.25) is 10.0 Å². The summed E-state index contributed by atoms with van der Waals surface area (Å²) >= 11 is 12.4. The van der Waals surface area contributed by atoms with E-state index in [1.54, 1.807) is 0 Å². The molecule has 19 heavy (non-hydrogen) atoms. The van der Waals surface area contributed by atoms with E-state index in [1.807, 2.05) is 12.1 Å². The lowest BCUT2D eigenvalue weighted by atomic mass is 9.84. The van der Waals surface area contributed by atoms with Gasteiger partial charge in [-0.15, -0.1) is 0 Å². The third-order valence-corrected chi connectivity index (χ3v) is 5.19. The van der Waals surface area contributed by atoms with Crippen molar-refractivity contribution < 1.29 is 0 Å². The number of hydrogen-bond acceptors (Lipinski definition) is 1. The molecule has 1 unspecified atom stereocenters. The molecule has 1 N–H and O–H groups in total. The molecule has 2 rings (SSSR count). The highest BCUT2D eigenvalue weighted by Crippen LogP contribution is 2.32. The zero-order valence-electron chi connectivity index (χ0n) is 11.8. The first-order valence-corrected chi connectivity index (χ1v) is 8.07. The second-order valence-corrected chi connectivity index (χ2v) is 6.44. The van der Waals surface area contributed by atoms with Gasteiger partial charge in [0, 0.05) is 12.1 Å². The van der Waals surface area contributed by atoms with Crippen molar-refractivity contribution in [3.05, 3.63) is 33.8 Å². The Morgan fingerprint density at radius 3 is 2.53 bits per heavy atom. The lowest BCUT2D eigenvalue weighted by Gasteiger charge is -2.31. The molecule has 1 atom stereocenters. The standard InChI is InChI=1S/C16H23Cl2N/c1-3-12-7-9-13(10-8-12)19-11(2)14-5-4-6-15(17)16(14)18/h4-6,11-13,19H,3,7-10H2,1-2H3. The smallest absolute Gasteiger partial charge is 0.0639 e. The van der Waals surface area contributed by atoms with Crippen LogP contribution in [0.4, 0.5) is 0 Å². The maximum Gasteiger partial charge on any atom is 0.0639 e. The van der Waals surface area contributed by atoms with Crippen LogP contribution in [0.1, 0.15) is 57.6 Å². The molecule has 1 aliphatic rings. The first-order chi connectivity index (χ1) is 9.11. The molecule has 3 heteroatoms. The number of hydrogen-bond donors (Lipinski definition) is 1. The first kappa shape index (κ1) is 15.2. The number of benzene rings is 1. The molecule has 0 amide bonds. The van der Waals surface area contributed by atoms with Crippen molar-refractivity contribution in [3.63, 3.8) is 0 Å². The van der Waals surface area contributed by atoms with Gasteiger partial charge in [-0.05, 0) is 50.2 Å². The molecule has 0 radical (unpaired) electrons. The van der Waals surface area contributed by atoms with E-state index in [-0.39, 0.29) is 6.04 Å². The van der Waals surface area contributed by atoms with Crippen molar-refractivity contribution >= 4 is 23.2 Å². The normalized spacial score (nSPS) is 25.3. The zero-order valence-corrected chi connectivity index (χ0v) is 13.3. The van der Waals surface area contributed by atoms with Crippen LogP contribution in [0.15, 0.2) is 18.2 Å². The van der Waals surface area contributed by atoms with E-state index < -0.39 is 0 Å². The molecule has 0 saturated heterocycles. The Morgan fingerprint density at radius 1 is 1.21 bits per heavy atom. The minimum Gasteiger partial charge on any atom is -0.307 e. The summed E-state index contributed by atoms with van der Waals surface area (Å²) in [6.45, 7) is 4.47. The quantitative estimate of drug-likeness (QED) is 0.761. The van der Waals surface area contributed by atoms with Crippen molar-refractivity contribution in [2.45, 2.75) is 58.0 Å². The van der Waals surface area contributed by atoms with E-state index in [1.165, 1.54) is 32.1 Å². The van der Waals surface area contributed by atoms with Crippen molar-refractivity contribution in [2.24, 2.45) is 5.92 Å². The maximum atomic E-state index is 6.28. The summed E-state index contributed by atoms with van der Waals surface area (Å²) in [6.07, 6.45) is 6.58. The molecule has 106 valence electrons. The predicted molar refractivity (Wildman–Crippen MR) is 84.0 cm³/mol. The van der Waals surface area contributed by atoms with Crippen LogP contribution in [0.25, 0.3) is 0 Å². The van der Waals surface area contributed by atoms with Gasteiger partial charge in [0.2, 0.25) is 0 Å². The highest BCUT2D eigenvalue weighted by molar-refractivity contribution is 6.42. The summed E-state index contributed by atoms with van der Waals surface area (Å²) in [4.78, 5) is 0. The van der Waals surface area contributed by atoms with E-state index in [9.17, 15) is 0 Å². The highest BCUT2D eigenvalue weighted by Gasteiger charge is 2.22. The van der Waals surface area contributed by atoms with Crippen LogP contribution in [-0.4, -0.2) is 6.04 Å². The second-order valence-electron chi connectivity index (χ2n) is 5.66. The number of halogens is 2. The highest BCUT2D eigenvalue weighted by atomic mass is 35.5. The molecule has 0 spiro atoms. The van der Waals surface area contributed by atoms with Crippen LogP contribution >= 0.6 is 23.2 Å². The minimum absolute atomic E-state index is 0.259. The summed E-state index contributed by atoms with van der Waals surface area (Å²) in [5, 5.41) is 5.03. The Hall–Kier alpha value is -0.240. The van der Waals surface area contributed by atoms with E-state index in [2.05, 4.69) is 25.2 Å². The van der Waals surface area contributed by atoms with Gasteiger partial charge in [0.15, 0.2) is 0 Å². The van der Waals surface area contributed by atoms with Crippen LogP contribution < -0.4 is 5.32 Å². The molecular formula is C16H23Cl2N. The average molecular weight is 300 g/mol. The van der Waals surface area contributed by atoms with E-state index >= 15 is 0 Å². The third kappa shape index (κ3) is 3.87. The minimum atomic E-state index is 0.259. The van der Waals surface area contributed by atoms with E-state index in [0.29, 0.717) is 16.1 Å². The fourth-order valence-electron chi connectivity index (χ4n) is 3.04. The zero-order chi connectivity index (χ0) is 13.8. The van der Waals surface area contributed by atoms with Gasteiger partial charge in [-0.1, -0.05) is 48.7 Å². The van der Waals surface area contributed by atoms with Crippen LogP contribution in [-0.2, 0) is 0 Å². The van der Waals surface area contributed by atoms with Crippen LogP contribution in [0, 0.1) is 5.92 Å². The molecule has 0 heterocycles. The largest absolute Gasteiger partial charge is 0.307 e. The molecule has 1 saturated carbocycles. The Labute approximate surface area is 126 Å². The average Bonchev–Trinajstić information content (AvgIpc) is 2.42. The maximum absolute atomic E-state index is 6.28. The summed E-state index contributed by atoms with van der Waals surface area (Å²) in [7, 11) is 0. The Kier molecular flexibility index (Phi) is 5.56. The summed E-state index contributed by atoms with van der Waals surface area (Å²) < 4.78 is 0. The molecule has 0 aliphatic heterocycles. The van der Waals surface area contributed by atoms with Crippen LogP contribution in [0.5, 0.6) is 0 Å². The summed E-state index contributed by atoms with van der Waals surface area (Å²) in [6, 6.07) is 6.74. The predicted octanol–water partition coefficient (Wildman–Crippen LogP) is 5.61. The summed E-state index contributed by atoms with van der Waals surface area (Å²) in [5.41, 5.74) is 1.10. The van der Waals surface area contributed by atoms with Crippen molar-refractivity contribution in [3.8, 4) is 0 Å². The number of nitrogens with one attached hydrogen (secondary N) is 1. The third-order valence-electron chi connectivity index (χ3n) is 4.36. The monoisotopic (exact) mass is 299 g/mol. The molecule has 1 nitrogen and oxygen atoms in total. The lowest BCUT2D eigenvalue weighted by Crippen LogP contribution is -2.35. The molecule has 1 fully saturated rings. The van der Waals surface area contributed by atoms with Crippen molar-refractivity contribution in [1.29, 1.82) is 0 Å².